The molecule has 11 nitrogen and oxygen atoms in total. The Hall–Kier alpha value is -5.51. The van der Waals surface area contributed by atoms with Crippen molar-refractivity contribution >= 4 is 99.9 Å². The number of hydrogen-bond donors (Lipinski definition) is 3. The van der Waals surface area contributed by atoms with Gasteiger partial charge in [-0.05, 0) is 123 Å². The van der Waals surface area contributed by atoms with Gasteiger partial charge in [0.25, 0.3) is 0 Å². The van der Waals surface area contributed by atoms with Crippen LogP contribution in [0.1, 0.15) is 16.8 Å². The number of halogens is 5. The summed E-state index contributed by atoms with van der Waals surface area (Å²) in [4.78, 5) is 25.1. The van der Waals surface area contributed by atoms with Crippen molar-refractivity contribution in [3.8, 4) is 11.5 Å². The zero-order valence-corrected chi connectivity index (χ0v) is 36.3. The van der Waals surface area contributed by atoms with Gasteiger partial charge in [0.15, 0.2) is 0 Å². The SMILES string of the molecule is COc1ccc(CCc2cc3c(Nc4ccc(Cl)c(Br)c4)ncnc3cn2)cc1.COc1ccc(CN)cc1.Fc1cc2c(Nc3ccc(Cl)c(Br)c3)ncnc2cn1. The monoisotopic (exact) mass is 957 g/mol. The molecule has 16 heteroatoms. The number of rotatable bonds is 10. The summed E-state index contributed by atoms with van der Waals surface area (Å²) in [5.74, 6) is 2.40. The van der Waals surface area contributed by atoms with Crippen LogP contribution in [-0.2, 0) is 19.4 Å². The van der Waals surface area contributed by atoms with Gasteiger partial charge in [0, 0.05) is 49.4 Å². The second-order valence-electron chi connectivity index (χ2n) is 12.6. The molecule has 8 rings (SSSR count). The first-order chi connectivity index (χ1) is 28.6. The summed E-state index contributed by atoms with van der Waals surface area (Å²) in [6.45, 7) is 0.587. The van der Waals surface area contributed by atoms with Gasteiger partial charge in [0.2, 0.25) is 5.95 Å². The lowest BCUT2D eigenvalue weighted by atomic mass is 10.1. The predicted molar refractivity (Wildman–Crippen MR) is 241 cm³/mol. The van der Waals surface area contributed by atoms with Gasteiger partial charge in [-0.15, -0.1) is 0 Å². The summed E-state index contributed by atoms with van der Waals surface area (Å²) in [6, 6.07) is 30.2. The number of pyridine rings is 2. The molecule has 0 aliphatic carbocycles. The molecule has 0 atom stereocenters. The van der Waals surface area contributed by atoms with E-state index in [1.54, 1.807) is 32.5 Å². The van der Waals surface area contributed by atoms with Crippen molar-refractivity contribution in [2.75, 3.05) is 24.9 Å². The number of hydrogen-bond acceptors (Lipinski definition) is 11. The smallest absolute Gasteiger partial charge is 0.213 e. The van der Waals surface area contributed by atoms with Gasteiger partial charge in [-0.2, -0.15) is 4.39 Å². The summed E-state index contributed by atoms with van der Waals surface area (Å²) >= 11 is 18.8. The van der Waals surface area contributed by atoms with Crippen LogP contribution in [0.5, 0.6) is 11.5 Å². The molecule has 0 radical (unpaired) electrons. The fourth-order valence-corrected chi connectivity index (χ4v) is 6.51. The summed E-state index contributed by atoms with van der Waals surface area (Å²) in [7, 11) is 3.32. The van der Waals surface area contributed by atoms with E-state index in [0.29, 0.717) is 33.3 Å². The lowest BCUT2D eigenvalue weighted by Crippen LogP contribution is -1.99. The number of aryl methyl sites for hydroxylation is 2. The van der Waals surface area contributed by atoms with Crippen LogP contribution in [0, 0.1) is 5.95 Å². The van der Waals surface area contributed by atoms with Crippen LogP contribution in [0.3, 0.4) is 0 Å². The Bertz CT molecular complexity index is 2640. The van der Waals surface area contributed by atoms with Gasteiger partial charge in [0.1, 0.15) is 35.8 Å². The molecule has 300 valence electrons. The first-order valence-electron chi connectivity index (χ1n) is 17.9. The Morgan fingerprint density at radius 3 is 1.58 bits per heavy atom. The predicted octanol–water partition coefficient (Wildman–Crippen LogP) is 11.5. The largest absolute Gasteiger partial charge is 0.497 e. The molecule has 0 aliphatic rings. The van der Waals surface area contributed by atoms with Crippen molar-refractivity contribution in [1.82, 2.24) is 29.9 Å². The van der Waals surface area contributed by atoms with Crippen LogP contribution in [0.25, 0.3) is 21.8 Å². The van der Waals surface area contributed by atoms with Crippen LogP contribution in [0.4, 0.5) is 27.4 Å². The molecular formula is C43H36Br2Cl2FN9O2. The molecule has 0 saturated carbocycles. The van der Waals surface area contributed by atoms with Crippen LogP contribution in [0.15, 0.2) is 131 Å². The Morgan fingerprint density at radius 1 is 0.593 bits per heavy atom. The van der Waals surface area contributed by atoms with Crippen molar-refractivity contribution in [2.45, 2.75) is 19.4 Å². The number of ether oxygens (including phenoxy) is 2. The average molecular weight is 961 g/mol. The fraction of sp³-hybridized carbons (Fsp3) is 0.116. The molecule has 0 spiro atoms. The van der Waals surface area contributed by atoms with Gasteiger partial charge in [-0.3, -0.25) is 4.98 Å². The van der Waals surface area contributed by atoms with Gasteiger partial charge in [0.05, 0.1) is 47.7 Å². The number of benzene rings is 4. The van der Waals surface area contributed by atoms with Crippen LogP contribution < -0.4 is 25.8 Å². The van der Waals surface area contributed by atoms with Gasteiger partial charge >= 0.3 is 0 Å². The van der Waals surface area contributed by atoms with E-state index in [4.69, 9.17) is 38.4 Å². The molecule has 0 amide bonds. The quantitative estimate of drug-likeness (QED) is 0.113. The minimum atomic E-state index is -0.576. The topological polar surface area (TPSA) is 146 Å². The van der Waals surface area contributed by atoms with Crippen LogP contribution >= 0.6 is 55.1 Å². The molecule has 0 unspecified atom stereocenters. The van der Waals surface area contributed by atoms with E-state index in [0.717, 1.165) is 72.6 Å². The van der Waals surface area contributed by atoms with Crippen LogP contribution in [-0.4, -0.2) is 44.1 Å². The third-order valence-electron chi connectivity index (χ3n) is 8.65. The van der Waals surface area contributed by atoms with Gasteiger partial charge < -0.3 is 25.8 Å². The molecule has 0 fully saturated rings. The summed E-state index contributed by atoms with van der Waals surface area (Å²) in [5, 5.41) is 9.22. The molecule has 8 aromatic rings. The molecule has 0 aliphatic heterocycles. The van der Waals surface area contributed by atoms with Crippen LogP contribution in [0.2, 0.25) is 10.0 Å². The molecule has 4 heterocycles. The van der Waals surface area contributed by atoms with Gasteiger partial charge in [-0.25, -0.2) is 24.9 Å². The maximum absolute atomic E-state index is 13.3. The first kappa shape index (κ1) is 43.1. The highest BCUT2D eigenvalue weighted by Gasteiger charge is 2.10. The van der Waals surface area contributed by atoms with Crippen molar-refractivity contribution in [3.05, 3.63) is 164 Å². The highest BCUT2D eigenvalue weighted by Crippen LogP contribution is 2.30. The molecular weight excluding hydrogens is 924 g/mol. The third kappa shape index (κ3) is 12.0. The lowest BCUT2D eigenvalue weighted by molar-refractivity contribution is 0.414. The number of nitrogens with zero attached hydrogens (tertiary/aromatic N) is 6. The van der Waals surface area contributed by atoms with E-state index in [9.17, 15) is 4.39 Å². The number of nitrogens with one attached hydrogen (secondary N) is 2. The zero-order valence-electron chi connectivity index (χ0n) is 31.6. The fourth-order valence-electron chi connectivity index (χ4n) is 5.52. The highest BCUT2D eigenvalue weighted by atomic mass is 79.9. The van der Waals surface area contributed by atoms with E-state index in [1.807, 2.05) is 66.7 Å². The number of fused-ring (bicyclic) bond motifs is 2. The Labute approximate surface area is 366 Å². The van der Waals surface area contributed by atoms with E-state index in [-0.39, 0.29) is 0 Å². The van der Waals surface area contributed by atoms with E-state index in [1.165, 1.54) is 30.5 Å². The highest BCUT2D eigenvalue weighted by molar-refractivity contribution is 9.10. The molecule has 0 saturated heterocycles. The molecule has 4 aromatic heterocycles. The Morgan fingerprint density at radius 2 is 1.08 bits per heavy atom. The third-order valence-corrected chi connectivity index (χ3v) is 11.1. The Kier molecular flexibility index (Phi) is 15.3. The summed E-state index contributed by atoms with van der Waals surface area (Å²) < 4.78 is 25.0. The van der Waals surface area contributed by atoms with Crippen molar-refractivity contribution in [2.24, 2.45) is 5.73 Å². The molecule has 59 heavy (non-hydrogen) atoms. The molecule has 4 aromatic carbocycles. The van der Waals surface area contributed by atoms with Crippen molar-refractivity contribution in [1.29, 1.82) is 0 Å². The first-order valence-corrected chi connectivity index (χ1v) is 20.2. The standard InChI is InChI=1S/C22H18BrClN4O.C13H7BrClFN4.C8H11NO/c1-29-17-7-3-14(4-8-17)2-5-15-10-18-21(12-25-15)26-13-27-22(18)28-16-6-9-20(24)19(23)11-16;14-9-3-7(1-2-10(9)15)20-13-8-4-12(16)17-5-11(8)18-6-19-13;1-10-8-4-2-7(6-9)3-5-8/h3-4,6-13H,2,5H2,1H3,(H,26,27,28);1-6H,(H,18,19,20);2-5H,6,9H2,1H3. The number of anilines is 4. The summed E-state index contributed by atoms with van der Waals surface area (Å²) in [6.07, 6.45) is 7.81. The maximum Gasteiger partial charge on any atom is 0.213 e. The minimum Gasteiger partial charge on any atom is -0.497 e. The zero-order chi connectivity index (χ0) is 41.7. The number of methoxy groups -OCH3 is 2. The minimum absolute atomic E-state index is 0.505. The van der Waals surface area contributed by atoms with Gasteiger partial charge in [-0.1, -0.05) is 47.5 Å². The molecule has 4 N–H and O–H groups in total. The second kappa shape index (κ2) is 21.0. The van der Waals surface area contributed by atoms with E-state index < -0.39 is 5.95 Å². The lowest BCUT2D eigenvalue weighted by Gasteiger charge is -2.10. The molecule has 0 bridgehead atoms. The Balaban J connectivity index is 0.000000168. The van der Waals surface area contributed by atoms with Crippen molar-refractivity contribution < 1.29 is 13.9 Å². The number of nitrogens with two attached hydrogens (primary N) is 1. The maximum atomic E-state index is 13.3. The van der Waals surface area contributed by atoms with E-state index >= 15 is 0 Å². The second-order valence-corrected chi connectivity index (χ2v) is 15.1. The van der Waals surface area contributed by atoms with E-state index in [2.05, 4.69) is 84.5 Å². The normalized spacial score (nSPS) is 10.6. The summed E-state index contributed by atoms with van der Waals surface area (Å²) in [5.41, 5.74) is 11.8. The van der Waals surface area contributed by atoms with Crippen molar-refractivity contribution in [3.63, 3.8) is 0 Å². The average Bonchev–Trinajstić information content (AvgIpc) is 3.26. The number of aromatic nitrogens is 6.